The van der Waals surface area contributed by atoms with Crippen LogP contribution in [-0.4, -0.2) is 31.5 Å². The molecule has 1 aromatic carbocycles. The SMILES string of the molecule is Cc1c(NC(=O)c2nn[nH]n2)cccc1[N+](=O)[O-]. The van der Waals surface area contributed by atoms with Gasteiger partial charge in [-0.3, -0.25) is 14.9 Å². The van der Waals surface area contributed by atoms with Crippen LogP contribution in [0.2, 0.25) is 0 Å². The summed E-state index contributed by atoms with van der Waals surface area (Å²) in [6, 6.07) is 4.40. The molecule has 9 nitrogen and oxygen atoms in total. The van der Waals surface area contributed by atoms with Crippen LogP contribution in [0, 0.1) is 17.0 Å². The Labute approximate surface area is 100 Å². The number of benzene rings is 1. The van der Waals surface area contributed by atoms with E-state index in [4.69, 9.17) is 0 Å². The predicted molar refractivity (Wildman–Crippen MR) is 60.0 cm³/mol. The van der Waals surface area contributed by atoms with Gasteiger partial charge in [0, 0.05) is 6.07 Å². The lowest BCUT2D eigenvalue weighted by molar-refractivity contribution is -0.385. The molecule has 0 aliphatic carbocycles. The maximum atomic E-state index is 11.6. The summed E-state index contributed by atoms with van der Waals surface area (Å²) in [4.78, 5) is 21.9. The van der Waals surface area contributed by atoms with E-state index in [-0.39, 0.29) is 11.5 Å². The van der Waals surface area contributed by atoms with Crippen LogP contribution in [0.25, 0.3) is 0 Å². The highest BCUT2D eigenvalue weighted by Gasteiger charge is 2.17. The number of carbonyl (C=O) groups is 1. The number of tetrazole rings is 1. The van der Waals surface area contributed by atoms with Gasteiger partial charge in [-0.15, -0.1) is 10.2 Å². The summed E-state index contributed by atoms with van der Waals surface area (Å²) in [5.74, 6) is -0.728. The topological polar surface area (TPSA) is 127 Å². The smallest absolute Gasteiger partial charge is 0.297 e. The van der Waals surface area contributed by atoms with Crippen molar-refractivity contribution in [2.75, 3.05) is 5.32 Å². The zero-order chi connectivity index (χ0) is 13.1. The number of carbonyl (C=O) groups excluding carboxylic acids is 1. The summed E-state index contributed by atoms with van der Waals surface area (Å²) in [5, 5.41) is 25.6. The number of nitro benzene ring substituents is 1. The fraction of sp³-hybridized carbons (Fsp3) is 0.111. The molecule has 92 valence electrons. The normalized spacial score (nSPS) is 10.1. The van der Waals surface area contributed by atoms with Crippen molar-refractivity contribution in [3.63, 3.8) is 0 Å². The number of nitrogens with zero attached hydrogens (tertiary/aromatic N) is 4. The number of H-pyrrole nitrogens is 1. The Balaban J connectivity index is 2.27. The molecule has 0 atom stereocenters. The molecule has 1 aromatic heterocycles. The van der Waals surface area contributed by atoms with Gasteiger partial charge in [-0.05, 0) is 18.2 Å². The third kappa shape index (κ3) is 2.14. The largest absolute Gasteiger partial charge is 0.319 e. The second-order valence-corrected chi connectivity index (χ2v) is 3.40. The third-order valence-corrected chi connectivity index (χ3v) is 2.30. The molecule has 1 heterocycles. The number of anilines is 1. The molecule has 0 saturated carbocycles. The van der Waals surface area contributed by atoms with Crippen molar-refractivity contribution in [3.8, 4) is 0 Å². The van der Waals surface area contributed by atoms with E-state index in [1.165, 1.54) is 12.1 Å². The fourth-order valence-corrected chi connectivity index (χ4v) is 1.39. The molecule has 0 fully saturated rings. The van der Waals surface area contributed by atoms with Crippen molar-refractivity contribution in [1.29, 1.82) is 0 Å². The molecule has 0 radical (unpaired) electrons. The molecule has 0 spiro atoms. The number of aromatic amines is 1. The lowest BCUT2D eigenvalue weighted by Gasteiger charge is -2.06. The van der Waals surface area contributed by atoms with Crippen molar-refractivity contribution in [2.24, 2.45) is 0 Å². The van der Waals surface area contributed by atoms with Crippen LogP contribution in [0.4, 0.5) is 11.4 Å². The quantitative estimate of drug-likeness (QED) is 0.607. The average Bonchev–Trinajstić information content (AvgIpc) is 2.85. The maximum absolute atomic E-state index is 11.6. The van der Waals surface area contributed by atoms with Gasteiger partial charge in [0.25, 0.3) is 17.4 Å². The minimum Gasteiger partial charge on any atom is -0.319 e. The number of hydrogen-bond acceptors (Lipinski definition) is 6. The lowest BCUT2D eigenvalue weighted by atomic mass is 10.1. The van der Waals surface area contributed by atoms with E-state index in [9.17, 15) is 14.9 Å². The van der Waals surface area contributed by atoms with Gasteiger partial charge in [0.1, 0.15) is 0 Å². The van der Waals surface area contributed by atoms with Gasteiger partial charge >= 0.3 is 0 Å². The Kier molecular flexibility index (Phi) is 2.96. The third-order valence-electron chi connectivity index (χ3n) is 2.30. The number of amides is 1. The molecular formula is C9H8N6O3. The van der Waals surface area contributed by atoms with Crippen molar-refractivity contribution < 1.29 is 9.72 Å². The van der Waals surface area contributed by atoms with Gasteiger partial charge in [0.15, 0.2) is 0 Å². The van der Waals surface area contributed by atoms with Crippen LogP contribution in [0.3, 0.4) is 0 Å². The van der Waals surface area contributed by atoms with Crippen LogP contribution < -0.4 is 5.32 Å². The van der Waals surface area contributed by atoms with E-state index >= 15 is 0 Å². The minimum absolute atomic E-state index is 0.0686. The van der Waals surface area contributed by atoms with Gasteiger partial charge < -0.3 is 5.32 Å². The highest BCUT2D eigenvalue weighted by molar-refractivity contribution is 6.02. The van der Waals surface area contributed by atoms with Gasteiger partial charge in [-0.1, -0.05) is 6.07 Å². The van der Waals surface area contributed by atoms with E-state index in [0.29, 0.717) is 11.3 Å². The summed E-state index contributed by atoms with van der Waals surface area (Å²) in [6.07, 6.45) is 0. The first-order chi connectivity index (χ1) is 8.59. The van der Waals surface area contributed by atoms with E-state index in [1.807, 2.05) is 0 Å². The van der Waals surface area contributed by atoms with Crippen LogP contribution in [0.1, 0.15) is 16.2 Å². The standard InChI is InChI=1S/C9H8N6O3/c1-5-6(3-2-4-7(5)15(17)18)10-9(16)8-11-13-14-12-8/h2-4H,1H3,(H,10,16)(H,11,12,13,14). The van der Waals surface area contributed by atoms with Crippen molar-refractivity contribution >= 4 is 17.3 Å². The molecule has 0 unspecified atom stereocenters. The summed E-state index contributed by atoms with van der Waals surface area (Å²) >= 11 is 0. The molecule has 18 heavy (non-hydrogen) atoms. The maximum Gasteiger partial charge on any atom is 0.297 e. The lowest BCUT2D eigenvalue weighted by Crippen LogP contribution is -2.15. The molecule has 1 amide bonds. The van der Waals surface area contributed by atoms with Crippen LogP contribution in [0.15, 0.2) is 18.2 Å². The second kappa shape index (κ2) is 4.57. The Bertz CT molecular complexity index is 594. The van der Waals surface area contributed by atoms with E-state index in [0.717, 1.165) is 0 Å². The molecule has 2 rings (SSSR count). The molecule has 9 heteroatoms. The van der Waals surface area contributed by atoms with Crippen LogP contribution >= 0.6 is 0 Å². The van der Waals surface area contributed by atoms with Crippen molar-refractivity contribution in [1.82, 2.24) is 20.6 Å². The number of nitrogens with one attached hydrogen (secondary N) is 2. The average molecular weight is 248 g/mol. The first kappa shape index (κ1) is 11.6. The Hall–Kier alpha value is -2.84. The Morgan fingerprint density at radius 3 is 2.89 bits per heavy atom. The Morgan fingerprint density at radius 1 is 1.50 bits per heavy atom. The van der Waals surface area contributed by atoms with E-state index in [1.54, 1.807) is 13.0 Å². The highest BCUT2D eigenvalue weighted by Crippen LogP contribution is 2.25. The van der Waals surface area contributed by atoms with E-state index in [2.05, 4.69) is 25.9 Å². The molecule has 2 N–H and O–H groups in total. The molecular weight excluding hydrogens is 240 g/mol. The molecule has 0 aliphatic rings. The first-order valence-electron chi connectivity index (χ1n) is 4.88. The van der Waals surface area contributed by atoms with E-state index < -0.39 is 10.8 Å². The summed E-state index contributed by atoms with van der Waals surface area (Å²) in [7, 11) is 0. The zero-order valence-electron chi connectivity index (χ0n) is 9.25. The predicted octanol–water partition coefficient (Wildman–Crippen LogP) is 0.669. The highest BCUT2D eigenvalue weighted by atomic mass is 16.6. The summed E-state index contributed by atoms with van der Waals surface area (Å²) < 4.78 is 0. The second-order valence-electron chi connectivity index (χ2n) is 3.40. The van der Waals surface area contributed by atoms with Gasteiger partial charge in [0.2, 0.25) is 0 Å². The molecule has 0 bridgehead atoms. The van der Waals surface area contributed by atoms with Gasteiger partial charge in [-0.25, -0.2) is 0 Å². The van der Waals surface area contributed by atoms with Crippen molar-refractivity contribution in [2.45, 2.75) is 6.92 Å². The minimum atomic E-state index is -0.590. The first-order valence-corrected chi connectivity index (χ1v) is 4.88. The number of nitro groups is 1. The number of rotatable bonds is 3. The Morgan fingerprint density at radius 2 is 2.28 bits per heavy atom. The monoisotopic (exact) mass is 248 g/mol. The van der Waals surface area contributed by atoms with Crippen LogP contribution in [0.5, 0.6) is 0 Å². The summed E-state index contributed by atoms with van der Waals surface area (Å²) in [5.41, 5.74) is 0.624. The number of aromatic nitrogens is 4. The zero-order valence-corrected chi connectivity index (χ0v) is 9.25. The van der Waals surface area contributed by atoms with Crippen molar-refractivity contribution in [3.05, 3.63) is 39.7 Å². The number of hydrogen-bond donors (Lipinski definition) is 2. The molecule has 0 saturated heterocycles. The fourth-order valence-electron chi connectivity index (χ4n) is 1.39. The summed E-state index contributed by atoms with van der Waals surface area (Å²) in [6.45, 7) is 1.55. The van der Waals surface area contributed by atoms with Gasteiger partial charge in [0.05, 0.1) is 16.2 Å². The molecule has 2 aromatic rings. The van der Waals surface area contributed by atoms with Crippen LogP contribution in [-0.2, 0) is 0 Å². The van der Waals surface area contributed by atoms with Gasteiger partial charge in [-0.2, -0.15) is 5.21 Å². The molecule has 0 aliphatic heterocycles.